The van der Waals surface area contributed by atoms with Crippen molar-refractivity contribution in [3.05, 3.63) is 98.7 Å². The zero-order valence-electron chi connectivity index (χ0n) is 20.0. The Balaban J connectivity index is 1.36. The summed E-state index contributed by atoms with van der Waals surface area (Å²) in [6.45, 7) is 3.38. The zero-order chi connectivity index (χ0) is 27.4. The normalized spacial score (nSPS) is 11.1. The molecule has 0 aliphatic carbocycles. The van der Waals surface area contributed by atoms with E-state index in [1.54, 1.807) is 19.9 Å². The molecule has 0 aliphatic heterocycles. The van der Waals surface area contributed by atoms with Gasteiger partial charge in [-0.05, 0) is 62.4 Å². The van der Waals surface area contributed by atoms with Crippen molar-refractivity contribution in [1.29, 1.82) is 0 Å². The summed E-state index contributed by atoms with van der Waals surface area (Å²) in [4.78, 5) is 30.9. The summed E-state index contributed by atoms with van der Waals surface area (Å²) < 4.78 is 38.7. The largest absolute Gasteiger partial charge is 0.484 e. The number of sulfonamides is 1. The van der Waals surface area contributed by atoms with Crippen molar-refractivity contribution in [2.75, 3.05) is 10.0 Å². The Morgan fingerprint density at radius 2 is 1.74 bits per heavy atom. The standard InChI is InChI=1S/C24H20ClN5O7S/c1-14-11-15(2)27-24(26-14)29-38(34,35)19-7-3-16(4-8-19)28-23(31)22-10-6-18(37-22)13-36-21-9-5-17(30(32)33)12-20(21)25/h3-12H,13H2,1-2H3,(H,28,31)(H,26,27,29). The van der Waals surface area contributed by atoms with Crippen molar-refractivity contribution in [2.45, 2.75) is 25.3 Å². The topological polar surface area (TPSA) is 167 Å². The monoisotopic (exact) mass is 557 g/mol. The van der Waals surface area contributed by atoms with Crippen LogP contribution >= 0.6 is 11.6 Å². The van der Waals surface area contributed by atoms with Crippen LogP contribution in [-0.4, -0.2) is 29.2 Å². The number of nitrogens with one attached hydrogen (secondary N) is 2. The van der Waals surface area contributed by atoms with Gasteiger partial charge in [-0.15, -0.1) is 0 Å². The SMILES string of the molecule is Cc1cc(C)nc(NS(=O)(=O)c2ccc(NC(=O)c3ccc(COc4ccc([N+](=O)[O-])cc4Cl)o3)cc2)n1. The molecule has 0 spiro atoms. The molecule has 0 aliphatic rings. The Labute approximate surface area is 221 Å². The quantitative estimate of drug-likeness (QED) is 0.215. The zero-order valence-corrected chi connectivity index (χ0v) is 21.5. The maximum Gasteiger partial charge on any atom is 0.291 e. The van der Waals surface area contributed by atoms with Gasteiger partial charge < -0.3 is 14.5 Å². The third kappa shape index (κ3) is 6.44. The fourth-order valence-electron chi connectivity index (χ4n) is 3.31. The molecule has 2 aromatic carbocycles. The lowest BCUT2D eigenvalue weighted by Crippen LogP contribution is -2.16. The Hall–Kier alpha value is -4.49. The minimum Gasteiger partial charge on any atom is -0.484 e. The molecule has 2 heterocycles. The number of ether oxygens (including phenoxy) is 1. The fraction of sp³-hybridized carbons (Fsp3) is 0.125. The van der Waals surface area contributed by atoms with Crippen molar-refractivity contribution < 1.29 is 27.3 Å². The second-order valence-electron chi connectivity index (χ2n) is 7.98. The van der Waals surface area contributed by atoms with E-state index in [0.29, 0.717) is 22.8 Å². The van der Waals surface area contributed by atoms with E-state index < -0.39 is 20.9 Å². The lowest BCUT2D eigenvalue weighted by molar-refractivity contribution is -0.384. The number of nitro groups is 1. The second kappa shape index (κ2) is 10.9. The van der Waals surface area contributed by atoms with Gasteiger partial charge in [0.1, 0.15) is 18.1 Å². The number of benzene rings is 2. The summed E-state index contributed by atoms with van der Waals surface area (Å²) in [7, 11) is -3.94. The maximum atomic E-state index is 12.7. The minimum atomic E-state index is -3.94. The van der Waals surface area contributed by atoms with Gasteiger partial charge in [-0.3, -0.25) is 14.9 Å². The Morgan fingerprint density at radius 3 is 2.37 bits per heavy atom. The highest BCUT2D eigenvalue weighted by atomic mass is 35.5. The lowest BCUT2D eigenvalue weighted by atomic mass is 10.3. The van der Waals surface area contributed by atoms with Crippen LogP contribution in [0.15, 0.2) is 70.0 Å². The molecule has 0 bridgehead atoms. The first kappa shape index (κ1) is 26.6. The number of halogens is 1. The van der Waals surface area contributed by atoms with E-state index >= 15 is 0 Å². The van der Waals surface area contributed by atoms with Crippen LogP contribution in [0.4, 0.5) is 17.3 Å². The van der Waals surface area contributed by atoms with Gasteiger partial charge in [0.25, 0.3) is 21.6 Å². The highest BCUT2D eigenvalue weighted by Gasteiger charge is 2.18. The molecule has 0 saturated carbocycles. The van der Waals surface area contributed by atoms with E-state index in [4.69, 9.17) is 20.8 Å². The summed E-state index contributed by atoms with van der Waals surface area (Å²) in [6.07, 6.45) is 0. The predicted octanol–water partition coefficient (Wildman–Crippen LogP) is 4.88. The molecule has 0 atom stereocenters. The summed E-state index contributed by atoms with van der Waals surface area (Å²) in [5.41, 5.74) is 1.41. The number of carbonyl (C=O) groups excluding carboxylic acids is 1. The highest BCUT2D eigenvalue weighted by Crippen LogP contribution is 2.29. The molecule has 2 N–H and O–H groups in total. The van der Waals surface area contributed by atoms with Gasteiger partial charge in [-0.2, -0.15) is 0 Å². The van der Waals surface area contributed by atoms with E-state index in [1.807, 2.05) is 0 Å². The van der Waals surface area contributed by atoms with E-state index in [1.165, 1.54) is 54.6 Å². The number of nitro benzene ring substituents is 1. The molecule has 14 heteroatoms. The number of aryl methyl sites for hydroxylation is 2. The summed E-state index contributed by atoms with van der Waals surface area (Å²) in [5.74, 6) is -0.0852. The molecule has 4 aromatic rings. The van der Waals surface area contributed by atoms with Crippen molar-refractivity contribution in [1.82, 2.24) is 9.97 Å². The lowest BCUT2D eigenvalue weighted by Gasteiger charge is -2.09. The van der Waals surface area contributed by atoms with Crippen molar-refractivity contribution >= 4 is 44.9 Å². The molecule has 38 heavy (non-hydrogen) atoms. The number of furan rings is 1. The molecule has 0 saturated heterocycles. The molecule has 0 radical (unpaired) electrons. The average Bonchev–Trinajstić information content (AvgIpc) is 3.32. The molecule has 12 nitrogen and oxygen atoms in total. The number of amides is 1. The van der Waals surface area contributed by atoms with Gasteiger partial charge in [-0.25, -0.2) is 23.1 Å². The average molecular weight is 558 g/mol. The number of hydrogen-bond donors (Lipinski definition) is 2. The van der Waals surface area contributed by atoms with Crippen molar-refractivity contribution in [3.63, 3.8) is 0 Å². The van der Waals surface area contributed by atoms with Gasteiger partial charge in [-0.1, -0.05) is 11.6 Å². The third-order valence-corrected chi connectivity index (χ3v) is 6.65. The Bertz CT molecular complexity index is 1600. The van der Waals surface area contributed by atoms with Crippen LogP contribution in [0.25, 0.3) is 0 Å². The molecule has 1 amide bonds. The minimum absolute atomic E-state index is 0.0104. The van der Waals surface area contributed by atoms with Crippen LogP contribution in [0.1, 0.15) is 27.7 Å². The number of rotatable bonds is 9. The molecular formula is C24H20ClN5O7S. The van der Waals surface area contributed by atoms with Gasteiger partial charge >= 0.3 is 0 Å². The molecular weight excluding hydrogens is 538 g/mol. The number of carbonyl (C=O) groups is 1. The maximum absolute atomic E-state index is 12.7. The number of anilines is 2. The summed E-state index contributed by atoms with van der Waals surface area (Å²) >= 11 is 6.01. The van der Waals surface area contributed by atoms with E-state index in [-0.39, 0.29) is 39.7 Å². The molecule has 0 fully saturated rings. The number of aromatic nitrogens is 2. The molecule has 0 unspecified atom stereocenters. The molecule has 4 rings (SSSR count). The van der Waals surface area contributed by atoms with E-state index in [2.05, 4.69) is 20.0 Å². The van der Waals surface area contributed by atoms with Gasteiger partial charge in [0, 0.05) is 29.2 Å². The van der Waals surface area contributed by atoms with Gasteiger partial charge in [0.2, 0.25) is 5.95 Å². The van der Waals surface area contributed by atoms with E-state index in [9.17, 15) is 23.3 Å². The van der Waals surface area contributed by atoms with Gasteiger partial charge in [0.15, 0.2) is 5.76 Å². The van der Waals surface area contributed by atoms with Crippen LogP contribution in [0.2, 0.25) is 5.02 Å². The van der Waals surface area contributed by atoms with E-state index in [0.717, 1.165) is 0 Å². The summed E-state index contributed by atoms with van der Waals surface area (Å²) in [6, 6.07) is 14.0. The van der Waals surface area contributed by atoms with Crippen LogP contribution in [0.3, 0.4) is 0 Å². The van der Waals surface area contributed by atoms with Crippen LogP contribution in [-0.2, 0) is 16.6 Å². The predicted molar refractivity (Wildman–Crippen MR) is 138 cm³/mol. The first-order valence-electron chi connectivity index (χ1n) is 10.9. The van der Waals surface area contributed by atoms with Crippen LogP contribution < -0.4 is 14.8 Å². The first-order chi connectivity index (χ1) is 18.0. The van der Waals surface area contributed by atoms with Crippen LogP contribution in [0.5, 0.6) is 5.75 Å². The second-order valence-corrected chi connectivity index (χ2v) is 10.1. The fourth-order valence-corrected chi connectivity index (χ4v) is 4.48. The molecule has 196 valence electrons. The van der Waals surface area contributed by atoms with Crippen LogP contribution in [0, 0.1) is 24.0 Å². The van der Waals surface area contributed by atoms with Crippen molar-refractivity contribution in [2.24, 2.45) is 0 Å². The Kier molecular flexibility index (Phi) is 7.60. The number of non-ortho nitro benzene ring substituents is 1. The number of nitrogens with zero attached hydrogens (tertiary/aromatic N) is 3. The van der Waals surface area contributed by atoms with Crippen molar-refractivity contribution in [3.8, 4) is 5.75 Å². The van der Waals surface area contributed by atoms with Gasteiger partial charge in [0.05, 0.1) is 14.8 Å². The third-order valence-electron chi connectivity index (χ3n) is 5.01. The highest BCUT2D eigenvalue weighted by molar-refractivity contribution is 7.92. The Morgan fingerprint density at radius 1 is 1.05 bits per heavy atom. The smallest absolute Gasteiger partial charge is 0.291 e. The number of hydrogen-bond acceptors (Lipinski definition) is 9. The summed E-state index contributed by atoms with van der Waals surface area (Å²) in [5, 5.41) is 13.5. The first-order valence-corrected chi connectivity index (χ1v) is 12.8. The molecule has 2 aromatic heterocycles.